The van der Waals surface area contributed by atoms with Crippen LogP contribution in [0.1, 0.15) is 0 Å². The molecule has 0 aliphatic heterocycles. The first-order valence-electron chi connectivity index (χ1n) is 0.894. The Balaban J connectivity index is -0.0000000267. The Morgan fingerprint density at radius 2 is 0.875 bits per heavy atom. The van der Waals surface area contributed by atoms with E-state index in [1.54, 1.807) is 0 Å². The van der Waals surface area contributed by atoms with Crippen LogP contribution in [0.2, 0.25) is 0 Å². The third-order valence-corrected chi connectivity index (χ3v) is 0. The van der Waals surface area contributed by atoms with Gasteiger partial charge in [0.05, 0.1) is 0 Å². The molecule has 0 atom stereocenters. The van der Waals surface area contributed by atoms with E-state index in [1.807, 2.05) is 0 Å². The molecule has 0 rings (SSSR count). The number of rotatable bonds is 0. The average Bonchev–Trinajstić information content (AvgIpc) is 0.722. The van der Waals surface area contributed by atoms with Gasteiger partial charge in [-0.1, -0.05) is 0 Å². The van der Waals surface area contributed by atoms with Gasteiger partial charge in [0, 0.05) is 38.8 Å². The van der Waals surface area contributed by atoms with Crippen molar-refractivity contribution in [3.63, 3.8) is 0 Å². The smallest absolute Gasteiger partial charge is 0 e. The van der Waals surface area contributed by atoms with Crippen molar-refractivity contribution in [2.45, 2.75) is 0 Å². The Kier molecular flexibility index (Phi) is 26.1. The summed E-state index contributed by atoms with van der Waals surface area (Å²) >= 11 is 0. The molecule has 8 heavy (non-hydrogen) atoms. The van der Waals surface area contributed by atoms with E-state index < -0.39 is 9.05 Å². The maximum absolute atomic E-state index is 7.33. The van der Waals surface area contributed by atoms with Crippen LogP contribution < -0.4 is 0 Å². The molecule has 0 unspecified atom stereocenters. The van der Waals surface area contributed by atoms with E-state index in [1.165, 1.54) is 0 Å². The quantitative estimate of drug-likeness (QED) is 0.325. The van der Waals surface area contributed by atoms with Gasteiger partial charge >= 0.3 is 38.6 Å². The summed E-state index contributed by atoms with van der Waals surface area (Å²) in [6, 6.07) is 0. The molecule has 0 heterocycles. The van der Waals surface area contributed by atoms with Gasteiger partial charge in [0.15, 0.2) is 0 Å². The first kappa shape index (κ1) is 22.4. The van der Waals surface area contributed by atoms with Crippen molar-refractivity contribution in [3.8, 4) is 0 Å². The van der Waals surface area contributed by atoms with Crippen LogP contribution in [-0.4, -0.2) is 57.8 Å². The topological polar surface area (TPSA) is 80.9 Å². The van der Waals surface area contributed by atoms with Crippen molar-refractivity contribution < 1.29 is 58.0 Å². The van der Waals surface area contributed by atoms with Crippen LogP contribution in [0.5, 0.6) is 0 Å². The van der Waals surface area contributed by atoms with Crippen LogP contribution in [0.4, 0.5) is 0 Å². The first-order chi connectivity index (χ1) is 2.00. The molecule has 0 aliphatic rings. The molecule has 0 amide bonds. The summed E-state index contributed by atoms with van der Waals surface area (Å²) in [6.07, 6.45) is 0. The van der Waals surface area contributed by atoms with Crippen molar-refractivity contribution in [2.75, 3.05) is 0 Å². The summed E-state index contributed by atoms with van der Waals surface area (Å²) in [5.74, 6) is 0. The molecule has 4 N–H and O–H groups in total. The summed E-state index contributed by atoms with van der Waals surface area (Å²) in [5.41, 5.74) is 0. The van der Waals surface area contributed by atoms with Gasteiger partial charge in [-0.05, 0) is 0 Å². The monoisotopic (exact) mass is 223 g/mol. The second-order valence-electron chi connectivity index (χ2n) is 0.600. The van der Waals surface area contributed by atoms with Crippen molar-refractivity contribution in [3.05, 3.63) is 0 Å². The van der Waals surface area contributed by atoms with Crippen LogP contribution in [0, 0.1) is 0 Å². The van der Waals surface area contributed by atoms with Crippen LogP contribution in [0.3, 0.4) is 0 Å². The molecule has 0 aliphatic carbocycles. The minimum atomic E-state index is -4.61. The molecule has 0 spiro atoms. The van der Waals surface area contributed by atoms with Crippen molar-refractivity contribution >= 4 is 38.6 Å². The van der Waals surface area contributed by atoms with Gasteiger partial charge in [-0.3, -0.25) is 0 Å². The third-order valence-electron chi connectivity index (χ3n) is 0. The molecule has 1 radical (unpaired) electrons. The summed E-state index contributed by atoms with van der Waals surface area (Å²) in [7, 11) is -4.61. The standard InChI is InChI=1S/Mn.Na.H4O4Si.Ti.H/c;;1-5(2,3)4;;/h;;1-4H;;. The summed E-state index contributed by atoms with van der Waals surface area (Å²) in [5, 5.41) is 0. The van der Waals surface area contributed by atoms with Gasteiger partial charge in [0.25, 0.3) is 0 Å². The molecule has 8 heteroatoms. The normalized spacial score (nSPS) is 7.50. The third kappa shape index (κ3) is 84.0. The molecule has 4 nitrogen and oxygen atoms in total. The number of hydrogen-bond donors (Lipinski definition) is 4. The molecule has 0 aromatic carbocycles. The maximum Gasteiger partial charge on any atom is 0 e. The molecule has 0 aromatic heterocycles. The minimum Gasteiger partial charge on any atom is 0 e. The molecule has 0 saturated carbocycles. The fourth-order valence-electron chi connectivity index (χ4n) is 0. The first-order valence-corrected chi connectivity index (χ1v) is 2.68. The van der Waals surface area contributed by atoms with E-state index in [0.29, 0.717) is 0 Å². The second kappa shape index (κ2) is 9.29. The molecule has 45 valence electrons. The van der Waals surface area contributed by atoms with E-state index in [-0.39, 0.29) is 68.3 Å². The Hall–Kier alpha value is 2.29. The van der Waals surface area contributed by atoms with E-state index >= 15 is 0 Å². The second-order valence-corrected chi connectivity index (χ2v) is 1.80. The molecule has 0 saturated heterocycles. The zero-order chi connectivity index (χ0) is 4.50. The molecule has 0 aromatic rings. The van der Waals surface area contributed by atoms with Crippen molar-refractivity contribution in [1.82, 2.24) is 0 Å². The molecular weight excluding hydrogens is 218 g/mol. The summed E-state index contributed by atoms with van der Waals surface area (Å²) in [6.45, 7) is 0. The molecule has 0 fully saturated rings. The maximum atomic E-state index is 7.33. The predicted octanol–water partition coefficient (Wildman–Crippen LogP) is -3.26. The largest absolute Gasteiger partial charge is 0 e. The zero-order valence-electron chi connectivity index (χ0n) is 3.17. The van der Waals surface area contributed by atoms with Crippen LogP contribution in [0.25, 0.3) is 0 Å². The SMILES string of the molecule is O[Si](O)(O)O.[Mn].[NaH].[Ti]. The van der Waals surface area contributed by atoms with Gasteiger partial charge in [-0.15, -0.1) is 0 Å². The minimum absolute atomic E-state index is 0. The summed E-state index contributed by atoms with van der Waals surface area (Å²) < 4.78 is 0. The van der Waals surface area contributed by atoms with E-state index in [2.05, 4.69) is 0 Å². The van der Waals surface area contributed by atoms with Gasteiger partial charge in [0.2, 0.25) is 0 Å². The Bertz CT molecular complexity index is 31.5. The van der Waals surface area contributed by atoms with E-state index in [9.17, 15) is 0 Å². The van der Waals surface area contributed by atoms with Crippen molar-refractivity contribution in [2.24, 2.45) is 0 Å². The van der Waals surface area contributed by atoms with Crippen molar-refractivity contribution in [1.29, 1.82) is 0 Å². The van der Waals surface area contributed by atoms with Gasteiger partial charge < -0.3 is 19.2 Å². The van der Waals surface area contributed by atoms with Gasteiger partial charge in [-0.2, -0.15) is 0 Å². The van der Waals surface area contributed by atoms with E-state index in [4.69, 9.17) is 19.2 Å². The Morgan fingerprint density at radius 3 is 0.875 bits per heavy atom. The van der Waals surface area contributed by atoms with Crippen LogP contribution in [0.15, 0.2) is 0 Å². The van der Waals surface area contributed by atoms with Crippen LogP contribution in [-0.2, 0) is 38.8 Å². The van der Waals surface area contributed by atoms with Gasteiger partial charge in [0.1, 0.15) is 0 Å². The average molecular weight is 223 g/mol. The summed E-state index contributed by atoms with van der Waals surface area (Å²) in [4.78, 5) is 29.3. The number of hydrogen-bond acceptors (Lipinski definition) is 4. The fraction of sp³-hybridized carbons (Fsp3) is 0. The fourth-order valence-corrected chi connectivity index (χ4v) is 0. The van der Waals surface area contributed by atoms with Gasteiger partial charge in [-0.25, -0.2) is 0 Å². The molecule has 0 bridgehead atoms. The zero-order valence-corrected chi connectivity index (χ0v) is 6.91. The molecular formula is H5MnNaO4SiTi. The Morgan fingerprint density at radius 1 is 0.875 bits per heavy atom. The predicted molar refractivity (Wildman–Crippen MR) is 21.8 cm³/mol. The van der Waals surface area contributed by atoms with Crippen LogP contribution >= 0.6 is 0 Å². The van der Waals surface area contributed by atoms with E-state index in [0.717, 1.165) is 0 Å². The Labute approximate surface area is 95.4 Å².